The Morgan fingerprint density at radius 2 is 1.77 bits per heavy atom. The predicted octanol–water partition coefficient (Wildman–Crippen LogP) is 3.08. The lowest BCUT2D eigenvalue weighted by Gasteiger charge is -2.34. The molecule has 2 heterocycles. The lowest BCUT2D eigenvalue weighted by molar-refractivity contribution is -0.117. The Bertz CT molecular complexity index is 1070. The van der Waals surface area contributed by atoms with E-state index in [1.165, 1.54) is 12.1 Å². The summed E-state index contributed by atoms with van der Waals surface area (Å²) in [5.74, 6) is -0.536. The highest BCUT2D eigenvalue weighted by molar-refractivity contribution is 6.06. The van der Waals surface area contributed by atoms with Crippen LogP contribution >= 0.6 is 0 Å². The van der Waals surface area contributed by atoms with E-state index < -0.39 is 0 Å². The number of nitrogens with zero attached hydrogens (tertiary/aromatic N) is 3. The molecule has 0 saturated carbocycles. The van der Waals surface area contributed by atoms with Crippen LogP contribution in [-0.4, -0.2) is 59.3 Å². The number of carbonyl (C=O) groups is 2. The highest BCUT2D eigenvalue weighted by Crippen LogP contribution is 2.22. The summed E-state index contributed by atoms with van der Waals surface area (Å²) in [6.07, 6.45) is 0. The van der Waals surface area contributed by atoms with Gasteiger partial charge in [-0.05, 0) is 37.3 Å². The Morgan fingerprint density at radius 3 is 2.50 bits per heavy atom. The van der Waals surface area contributed by atoms with E-state index in [0.29, 0.717) is 48.3 Å². The summed E-state index contributed by atoms with van der Waals surface area (Å²) in [7, 11) is 0. The molecule has 4 rings (SSSR count). The molecule has 1 aromatic heterocycles. The second-order valence-corrected chi connectivity index (χ2v) is 7.46. The summed E-state index contributed by atoms with van der Waals surface area (Å²) in [5.41, 5.74) is 2.46. The summed E-state index contributed by atoms with van der Waals surface area (Å²) in [4.78, 5) is 33.5. The number of hydrogen-bond donors (Lipinski definition) is 1. The third-order valence-electron chi connectivity index (χ3n) is 5.21. The van der Waals surface area contributed by atoms with Crippen molar-refractivity contribution in [3.8, 4) is 0 Å². The van der Waals surface area contributed by atoms with Crippen molar-refractivity contribution in [2.45, 2.75) is 6.92 Å². The quantitative estimate of drug-likeness (QED) is 0.723. The van der Waals surface area contributed by atoms with Gasteiger partial charge in [0, 0.05) is 49.0 Å². The van der Waals surface area contributed by atoms with E-state index in [2.05, 4.69) is 10.3 Å². The normalized spacial score (nSPS) is 14.7. The van der Waals surface area contributed by atoms with Gasteiger partial charge >= 0.3 is 0 Å². The Balaban J connectivity index is 1.39. The van der Waals surface area contributed by atoms with Crippen LogP contribution in [0.1, 0.15) is 16.1 Å². The van der Waals surface area contributed by atoms with Gasteiger partial charge in [0.1, 0.15) is 5.82 Å². The second kappa shape index (κ2) is 8.59. The maximum absolute atomic E-state index is 13.6. The molecule has 1 aliphatic rings. The van der Waals surface area contributed by atoms with Crippen molar-refractivity contribution < 1.29 is 14.0 Å². The largest absolute Gasteiger partial charge is 0.336 e. The first kappa shape index (κ1) is 20.0. The molecular weight excluding hydrogens is 383 g/mol. The Labute approximate surface area is 174 Å². The van der Waals surface area contributed by atoms with Crippen LogP contribution in [0.3, 0.4) is 0 Å². The van der Waals surface area contributed by atoms with Crippen LogP contribution in [0, 0.1) is 12.7 Å². The maximum atomic E-state index is 13.6. The Morgan fingerprint density at radius 1 is 1.03 bits per heavy atom. The number of halogens is 1. The summed E-state index contributed by atoms with van der Waals surface area (Å²) in [6, 6.07) is 15.4. The number of pyridine rings is 1. The summed E-state index contributed by atoms with van der Waals surface area (Å²) < 4.78 is 13.6. The van der Waals surface area contributed by atoms with Crippen molar-refractivity contribution in [3.63, 3.8) is 0 Å². The molecule has 1 fully saturated rings. The molecule has 0 aliphatic carbocycles. The number of aromatic nitrogens is 1. The number of hydrogen-bond acceptors (Lipinski definition) is 4. The molecule has 1 N–H and O–H groups in total. The molecule has 7 heteroatoms. The molecule has 0 spiro atoms. The Hall–Kier alpha value is -3.32. The average Bonchev–Trinajstić information content (AvgIpc) is 2.73. The van der Waals surface area contributed by atoms with Crippen molar-refractivity contribution in [3.05, 3.63) is 71.7 Å². The molecule has 0 radical (unpaired) electrons. The fraction of sp³-hybridized carbons (Fsp3) is 0.261. The second-order valence-electron chi connectivity index (χ2n) is 7.46. The third kappa shape index (κ3) is 4.46. The van der Waals surface area contributed by atoms with Gasteiger partial charge in [-0.2, -0.15) is 0 Å². The standard InChI is InChI=1S/C23H23FN4O2/c1-16-13-20(19-8-7-17(24)14-21(19)25-16)23(30)28-11-9-27(10-12-28)15-22(29)26-18-5-3-2-4-6-18/h2-8,13-14H,9-12,15H2,1H3,(H,26,29). The maximum Gasteiger partial charge on any atom is 0.254 e. The summed E-state index contributed by atoms with van der Waals surface area (Å²) in [6.45, 7) is 4.37. The molecule has 1 aliphatic heterocycles. The number of fused-ring (bicyclic) bond motifs is 1. The number of anilines is 1. The van der Waals surface area contributed by atoms with E-state index in [0.717, 1.165) is 5.69 Å². The van der Waals surface area contributed by atoms with E-state index in [-0.39, 0.29) is 24.2 Å². The first-order chi connectivity index (χ1) is 14.5. The molecule has 6 nitrogen and oxygen atoms in total. The minimum Gasteiger partial charge on any atom is -0.336 e. The number of aryl methyl sites for hydroxylation is 1. The van der Waals surface area contributed by atoms with Crippen molar-refractivity contribution in [1.82, 2.24) is 14.8 Å². The first-order valence-electron chi connectivity index (χ1n) is 9.93. The molecule has 2 aromatic carbocycles. The minimum absolute atomic E-state index is 0.0706. The molecule has 3 aromatic rings. The van der Waals surface area contributed by atoms with E-state index in [9.17, 15) is 14.0 Å². The zero-order valence-corrected chi connectivity index (χ0v) is 16.8. The monoisotopic (exact) mass is 406 g/mol. The lowest BCUT2D eigenvalue weighted by Crippen LogP contribution is -2.50. The molecule has 154 valence electrons. The number of piperazine rings is 1. The number of nitrogens with one attached hydrogen (secondary N) is 1. The van der Waals surface area contributed by atoms with Gasteiger partial charge < -0.3 is 10.2 Å². The fourth-order valence-corrected chi connectivity index (χ4v) is 3.72. The minimum atomic E-state index is -0.374. The number of rotatable bonds is 4. The van der Waals surface area contributed by atoms with Gasteiger partial charge in [-0.25, -0.2) is 4.39 Å². The van der Waals surface area contributed by atoms with Gasteiger partial charge in [-0.1, -0.05) is 18.2 Å². The zero-order chi connectivity index (χ0) is 21.1. The van der Waals surface area contributed by atoms with Gasteiger partial charge in [0.15, 0.2) is 0 Å². The van der Waals surface area contributed by atoms with Crippen LogP contribution < -0.4 is 5.32 Å². The molecule has 1 saturated heterocycles. The fourth-order valence-electron chi connectivity index (χ4n) is 3.72. The van der Waals surface area contributed by atoms with Gasteiger partial charge in [0.25, 0.3) is 5.91 Å². The molecule has 0 bridgehead atoms. The van der Waals surface area contributed by atoms with E-state index in [1.807, 2.05) is 35.2 Å². The van der Waals surface area contributed by atoms with Gasteiger partial charge in [0.2, 0.25) is 5.91 Å². The van der Waals surface area contributed by atoms with Crippen molar-refractivity contribution in [2.75, 3.05) is 38.0 Å². The van der Waals surface area contributed by atoms with Crippen molar-refractivity contribution >= 4 is 28.4 Å². The average molecular weight is 406 g/mol. The van der Waals surface area contributed by atoms with Crippen molar-refractivity contribution in [1.29, 1.82) is 0 Å². The molecular formula is C23H23FN4O2. The molecule has 0 atom stereocenters. The van der Waals surface area contributed by atoms with Gasteiger partial charge in [-0.15, -0.1) is 0 Å². The van der Waals surface area contributed by atoms with Crippen molar-refractivity contribution in [2.24, 2.45) is 0 Å². The highest BCUT2D eigenvalue weighted by atomic mass is 19.1. The lowest BCUT2D eigenvalue weighted by atomic mass is 10.1. The van der Waals surface area contributed by atoms with E-state index in [1.54, 1.807) is 24.0 Å². The predicted molar refractivity (Wildman–Crippen MR) is 114 cm³/mol. The van der Waals surface area contributed by atoms with Crippen LogP contribution in [0.15, 0.2) is 54.6 Å². The third-order valence-corrected chi connectivity index (χ3v) is 5.21. The summed E-state index contributed by atoms with van der Waals surface area (Å²) >= 11 is 0. The molecule has 2 amide bonds. The molecule has 30 heavy (non-hydrogen) atoms. The highest BCUT2D eigenvalue weighted by Gasteiger charge is 2.25. The van der Waals surface area contributed by atoms with Crippen LogP contribution in [-0.2, 0) is 4.79 Å². The van der Waals surface area contributed by atoms with Crippen LogP contribution in [0.25, 0.3) is 10.9 Å². The van der Waals surface area contributed by atoms with Gasteiger partial charge in [-0.3, -0.25) is 19.5 Å². The first-order valence-corrected chi connectivity index (χ1v) is 9.93. The van der Waals surface area contributed by atoms with Gasteiger partial charge in [0.05, 0.1) is 17.6 Å². The number of benzene rings is 2. The summed E-state index contributed by atoms with van der Waals surface area (Å²) in [5, 5.41) is 3.53. The number of carbonyl (C=O) groups excluding carboxylic acids is 2. The number of amides is 2. The number of para-hydroxylation sites is 1. The Kier molecular flexibility index (Phi) is 5.72. The van der Waals surface area contributed by atoms with E-state index in [4.69, 9.17) is 0 Å². The topological polar surface area (TPSA) is 65.5 Å². The van der Waals surface area contributed by atoms with E-state index >= 15 is 0 Å². The smallest absolute Gasteiger partial charge is 0.254 e. The van der Waals surface area contributed by atoms with Crippen LogP contribution in [0.5, 0.6) is 0 Å². The van der Waals surface area contributed by atoms with Crippen LogP contribution in [0.4, 0.5) is 10.1 Å². The van der Waals surface area contributed by atoms with Crippen LogP contribution in [0.2, 0.25) is 0 Å². The SMILES string of the molecule is Cc1cc(C(=O)N2CCN(CC(=O)Nc3ccccc3)CC2)c2ccc(F)cc2n1. The molecule has 0 unspecified atom stereocenters. The zero-order valence-electron chi connectivity index (χ0n) is 16.8.